The van der Waals surface area contributed by atoms with Gasteiger partial charge in [0.05, 0.1) is 16.8 Å². The lowest BCUT2D eigenvalue weighted by Crippen LogP contribution is -2.58. The molecule has 0 bridgehead atoms. The second-order valence-corrected chi connectivity index (χ2v) is 10.4. The van der Waals surface area contributed by atoms with E-state index in [9.17, 15) is 5.11 Å². The van der Waals surface area contributed by atoms with Gasteiger partial charge < -0.3 is 10.8 Å². The zero-order chi connectivity index (χ0) is 25.9. The van der Waals surface area contributed by atoms with Crippen LogP contribution >= 0.6 is 0 Å². The van der Waals surface area contributed by atoms with E-state index in [1.807, 2.05) is 41.8 Å². The number of rotatable bonds is 4. The van der Waals surface area contributed by atoms with Gasteiger partial charge in [-0.25, -0.2) is 15.0 Å². The summed E-state index contributed by atoms with van der Waals surface area (Å²) in [6.07, 6.45) is 6.39. The third-order valence-electron chi connectivity index (χ3n) is 7.35. The lowest BCUT2D eigenvalue weighted by Gasteiger charge is -2.49. The number of benzene rings is 2. The molecule has 1 saturated carbocycles. The first-order valence-electron chi connectivity index (χ1n) is 12.5. The quantitative estimate of drug-likeness (QED) is 0.359. The van der Waals surface area contributed by atoms with Crippen LogP contribution in [0.4, 0.5) is 0 Å². The summed E-state index contributed by atoms with van der Waals surface area (Å²) >= 11 is 0. The second-order valence-electron chi connectivity index (χ2n) is 10.4. The van der Waals surface area contributed by atoms with Crippen LogP contribution in [0.3, 0.4) is 0 Å². The molecule has 1 fully saturated rings. The molecule has 8 nitrogen and oxygen atoms in total. The minimum atomic E-state index is -0.701. The van der Waals surface area contributed by atoms with Gasteiger partial charge in [0.1, 0.15) is 0 Å². The molecule has 0 atom stereocenters. The van der Waals surface area contributed by atoms with Crippen molar-refractivity contribution in [3.8, 4) is 34.0 Å². The fourth-order valence-corrected chi connectivity index (χ4v) is 5.69. The highest BCUT2D eigenvalue weighted by Crippen LogP contribution is 2.46. The number of pyridine rings is 2. The Morgan fingerprint density at radius 3 is 2.32 bits per heavy atom. The van der Waals surface area contributed by atoms with Gasteiger partial charge in [-0.1, -0.05) is 54.6 Å². The van der Waals surface area contributed by atoms with E-state index >= 15 is 0 Å². The number of aromatic nitrogens is 6. The van der Waals surface area contributed by atoms with Gasteiger partial charge in [0.15, 0.2) is 11.5 Å². The van der Waals surface area contributed by atoms with E-state index in [2.05, 4.69) is 62.6 Å². The average molecular weight is 500 g/mol. The Labute approximate surface area is 218 Å². The molecule has 6 aromatic rings. The van der Waals surface area contributed by atoms with E-state index in [4.69, 9.17) is 10.7 Å². The monoisotopic (exact) mass is 499 g/mol. The molecule has 0 saturated heterocycles. The molecule has 0 radical (unpaired) electrons. The Balaban J connectivity index is 1.39. The summed E-state index contributed by atoms with van der Waals surface area (Å²) in [5.74, 6) is 1.09. The summed E-state index contributed by atoms with van der Waals surface area (Å²) in [4.78, 5) is 13.8. The van der Waals surface area contributed by atoms with Crippen LogP contribution in [0.2, 0.25) is 0 Å². The van der Waals surface area contributed by atoms with Gasteiger partial charge in [0.2, 0.25) is 5.82 Å². The molecule has 4 heterocycles. The maximum absolute atomic E-state index is 10.2. The summed E-state index contributed by atoms with van der Waals surface area (Å²) in [6.45, 7) is 1.83. The molecule has 2 aromatic carbocycles. The standard InChI is InChI=1S/C30H25N7O/c1-29(38)17-30(31,18-29)21-10-8-20(9-11-21)25-22(19-6-3-2-4-7-19)16-23-24(34-25)12-15-37-27(23)35-36-28(37)26-32-13-5-14-33-26/h2-16,38H,17-18,31H2,1H3. The second kappa shape index (κ2) is 8.24. The molecule has 1 aliphatic rings. The summed E-state index contributed by atoms with van der Waals surface area (Å²) in [5, 5.41) is 20.0. The average Bonchev–Trinajstić information content (AvgIpc) is 3.37. The predicted octanol–water partition coefficient (Wildman–Crippen LogP) is 4.77. The summed E-state index contributed by atoms with van der Waals surface area (Å²) in [5.41, 5.74) is 11.8. The van der Waals surface area contributed by atoms with Crippen molar-refractivity contribution in [3.63, 3.8) is 0 Å². The maximum atomic E-state index is 10.2. The molecular weight excluding hydrogens is 474 g/mol. The highest BCUT2D eigenvalue weighted by Gasteiger charge is 2.49. The van der Waals surface area contributed by atoms with Gasteiger partial charge in [-0.05, 0) is 49.1 Å². The summed E-state index contributed by atoms with van der Waals surface area (Å²) in [7, 11) is 0. The third kappa shape index (κ3) is 3.65. The van der Waals surface area contributed by atoms with Crippen molar-refractivity contribution in [1.82, 2.24) is 29.5 Å². The molecular formula is C30H25N7O. The van der Waals surface area contributed by atoms with Crippen LogP contribution in [0.25, 0.3) is 50.6 Å². The first-order valence-corrected chi connectivity index (χ1v) is 12.5. The van der Waals surface area contributed by atoms with Gasteiger partial charge >= 0.3 is 0 Å². The fraction of sp³-hybridized carbons (Fsp3) is 0.167. The largest absolute Gasteiger partial charge is 0.390 e. The molecule has 0 spiro atoms. The lowest BCUT2D eigenvalue weighted by molar-refractivity contribution is -0.0738. The number of hydrogen-bond acceptors (Lipinski definition) is 7. The van der Waals surface area contributed by atoms with Crippen LogP contribution in [0.1, 0.15) is 25.3 Å². The molecule has 7 rings (SSSR count). The van der Waals surface area contributed by atoms with E-state index in [0.29, 0.717) is 30.1 Å². The number of hydrogen-bond donors (Lipinski definition) is 2. The highest BCUT2D eigenvalue weighted by molar-refractivity contribution is 5.98. The van der Waals surface area contributed by atoms with E-state index in [1.165, 1.54) is 0 Å². The Morgan fingerprint density at radius 2 is 1.61 bits per heavy atom. The Kier molecular flexibility index (Phi) is 4.91. The van der Waals surface area contributed by atoms with Crippen molar-refractivity contribution in [1.29, 1.82) is 0 Å². The highest BCUT2D eigenvalue weighted by atomic mass is 16.3. The minimum absolute atomic E-state index is 0.499. The number of nitrogens with two attached hydrogens (primary N) is 1. The van der Waals surface area contributed by atoms with Crippen LogP contribution in [0, 0.1) is 0 Å². The van der Waals surface area contributed by atoms with Gasteiger partial charge in [-0.3, -0.25) is 4.40 Å². The Morgan fingerprint density at radius 1 is 0.868 bits per heavy atom. The van der Waals surface area contributed by atoms with Crippen LogP contribution < -0.4 is 5.73 Å². The van der Waals surface area contributed by atoms with Crippen molar-refractivity contribution in [3.05, 3.63) is 97.0 Å². The van der Waals surface area contributed by atoms with Crippen molar-refractivity contribution >= 4 is 16.6 Å². The molecule has 3 N–H and O–H groups in total. The summed E-state index contributed by atoms with van der Waals surface area (Å²) < 4.78 is 1.90. The number of fused-ring (bicyclic) bond motifs is 3. The van der Waals surface area contributed by atoms with Gasteiger partial charge in [-0.2, -0.15) is 0 Å². The normalized spacial score (nSPS) is 21.0. The van der Waals surface area contributed by atoms with Crippen molar-refractivity contribution in [2.45, 2.75) is 30.9 Å². The van der Waals surface area contributed by atoms with Crippen LogP contribution in [0.15, 0.2) is 91.4 Å². The van der Waals surface area contributed by atoms with Crippen molar-refractivity contribution in [2.75, 3.05) is 0 Å². The van der Waals surface area contributed by atoms with E-state index in [1.54, 1.807) is 18.5 Å². The molecule has 0 unspecified atom stereocenters. The predicted molar refractivity (Wildman–Crippen MR) is 146 cm³/mol. The van der Waals surface area contributed by atoms with Crippen molar-refractivity contribution in [2.24, 2.45) is 5.73 Å². The maximum Gasteiger partial charge on any atom is 0.206 e. The Hall–Kier alpha value is -4.53. The van der Waals surface area contributed by atoms with E-state index in [0.717, 1.165) is 38.9 Å². The molecule has 1 aliphatic carbocycles. The molecule has 8 heteroatoms. The van der Waals surface area contributed by atoms with Crippen LogP contribution in [0.5, 0.6) is 0 Å². The van der Waals surface area contributed by atoms with Crippen molar-refractivity contribution < 1.29 is 5.11 Å². The zero-order valence-corrected chi connectivity index (χ0v) is 20.8. The molecule has 0 aliphatic heterocycles. The number of nitrogens with zero attached hydrogens (tertiary/aromatic N) is 6. The van der Waals surface area contributed by atoms with Gasteiger partial charge in [0, 0.05) is 40.6 Å². The third-order valence-corrected chi connectivity index (χ3v) is 7.35. The summed E-state index contributed by atoms with van der Waals surface area (Å²) in [6, 6.07) is 24.3. The molecule has 38 heavy (non-hydrogen) atoms. The first-order chi connectivity index (χ1) is 18.4. The minimum Gasteiger partial charge on any atom is -0.390 e. The van der Waals surface area contributed by atoms with E-state index < -0.39 is 11.1 Å². The van der Waals surface area contributed by atoms with E-state index in [-0.39, 0.29) is 0 Å². The smallest absolute Gasteiger partial charge is 0.206 e. The number of aliphatic hydroxyl groups is 1. The fourth-order valence-electron chi connectivity index (χ4n) is 5.69. The molecule has 186 valence electrons. The topological polar surface area (TPSA) is 115 Å². The van der Waals surface area contributed by atoms with Crippen LogP contribution in [-0.4, -0.2) is 40.3 Å². The first kappa shape index (κ1) is 22.7. The Bertz CT molecular complexity index is 1790. The van der Waals surface area contributed by atoms with Gasteiger partial charge in [0.25, 0.3) is 0 Å². The molecule has 0 amide bonds. The SMILES string of the molecule is CC1(O)CC(N)(c2ccc(-c3nc4ccn5c(-c6ncccn6)nnc5c4cc3-c3ccccc3)cc2)C1. The lowest BCUT2D eigenvalue weighted by atomic mass is 9.63. The molecule has 4 aromatic heterocycles. The zero-order valence-electron chi connectivity index (χ0n) is 20.8. The van der Waals surface area contributed by atoms with Crippen LogP contribution in [-0.2, 0) is 5.54 Å². The van der Waals surface area contributed by atoms with Gasteiger partial charge in [-0.15, -0.1) is 10.2 Å².